The zero-order valence-electron chi connectivity index (χ0n) is 21.0. The Bertz CT molecular complexity index is 1500. The van der Waals surface area contributed by atoms with Gasteiger partial charge in [0.15, 0.2) is 5.69 Å². The average molecular weight is 577 g/mol. The lowest BCUT2D eigenvalue weighted by Crippen LogP contribution is -2.27. The molecule has 0 spiro atoms. The Morgan fingerprint density at radius 1 is 0.756 bits per heavy atom. The third-order valence-electron chi connectivity index (χ3n) is 5.42. The minimum Gasteiger partial charge on any atom is -0.445 e. The van der Waals surface area contributed by atoms with Crippen molar-refractivity contribution in [2.75, 3.05) is 13.2 Å². The van der Waals surface area contributed by atoms with Gasteiger partial charge in [0.05, 0.1) is 24.3 Å². The molecule has 7 nitrogen and oxygen atoms in total. The maximum Gasteiger partial charge on any atom is 0.416 e. The second kappa shape index (κ2) is 12.7. The minimum absolute atomic E-state index is 0.0121. The molecule has 1 N–H and O–H groups in total. The minimum atomic E-state index is -4.42. The molecule has 2 heterocycles. The average Bonchev–Trinajstić information content (AvgIpc) is 3.60. The van der Waals surface area contributed by atoms with Crippen LogP contribution < -0.4 is 5.32 Å². The molecule has 2 aromatic carbocycles. The van der Waals surface area contributed by atoms with Gasteiger partial charge in [0.25, 0.3) is 5.91 Å². The topological polar surface area (TPSA) is 90.4 Å². The highest BCUT2D eigenvalue weighted by molar-refractivity contribution is 5.92. The van der Waals surface area contributed by atoms with E-state index >= 15 is 0 Å². The summed E-state index contributed by atoms with van der Waals surface area (Å²) >= 11 is 0. The summed E-state index contributed by atoms with van der Waals surface area (Å²) in [6.45, 7) is 0.394. The van der Waals surface area contributed by atoms with Crippen molar-refractivity contribution < 1.29 is 44.7 Å². The molecule has 2 aromatic heterocycles. The molecule has 0 aliphatic rings. The molecule has 0 fully saturated rings. The van der Waals surface area contributed by atoms with E-state index < -0.39 is 29.4 Å². The number of rotatable bonds is 10. The van der Waals surface area contributed by atoms with Gasteiger partial charge >= 0.3 is 12.4 Å². The first-order valence-electron chi connectivity index (χ1n) is 11.9. The lowest BCUT2D eigenvalue weighted by Gasteiger charge is -2.05. The number of hydrogen-bond donors (Lipinski definition) is 1. The standard InChI is InChI=1S/C28H21F6N3O4/c29-27(30,31)20-7-1-18(2-8-20)5-11-24-36-22(16-40-24)15-39-14-13-35-26(38)23-17-41-25(37-23)12-6-19-3-9-21(10-4-19)28(32,33)34/h1-12,16-17H,13-15H2,(H,35,38)/b11-5+,12-6+. The lowest BCUT2D eigenvalue weighted by molar-refractivity contribution is -0.138. The van der Waals surface area contributed by atoms with Crippen molar-refractivity contribution in [1.29, 1.82) is 0 Å². The number of carbonyl (C=O) groups is 1. The molecule has 0 unspecified atom stereocenters. The van der Waals surface area contributed by atoms with Gasteiger partial charge in [0, 0.05) is 18.7 Å². The van der Waals surface area contributed by atoms with Gasteiger partial charge in [0.1, 0.15) is 18.2 Å². The molecule has 13 heteroatoms. The Morgan fingerprint density at radius 3 is 1.80 bits per heavy atom. The molecule has 0 radical (unpaired) electrons. The van der Waals surface area contributed by atoms with Crippen LogP contribution in [-0.4, -0.2) is 29.0 Å². The van der Waals surface area contributed by atoms with E-state index in [-0.39, 0.29) is 37.2 Å². The number of nitrogens with zero attached hydrogens (tertiary/aromatic N) is 2. The second-order valence-corrected chi connectivity index (χ2v) is 8.46. The number of amides is 1. The van der Waals surface area contributed by atoms with Crippen molar-refractivity contribution in [3.8, 4) is 0 Å². The van der Waals surface area contributed by atoms with Crippen LogP contribution in [0, 0.1) is 0 Å². The summed E-state index contributed by atoms with van der Waals surface area (Å²) in [5.41, 5.74) is 0.0287. The van der Waals surface area contributed by atoms with E-state index in [1.807, 2.05) is 0 Å². The number of alkyl halides is 6. The van der Waals surface area contributed by atoms with Crippen LogP contribution in [0.5, 0.6) is 0 Å². The van der Waals surface area contributed by atoms with E-state index in [9.17, 15) is 31.1 Å². The van der Waals surface area contributed by atoms with Gasteiger partial charge < -0.3 is 18.9 Å². The van der Waals surface area contributed by atoms with Crippen LogP contribution in [0.3, 0.4) is 0 Å². The van der Waals surface area contributed by atoms with Crippen molar-refractivity contribution in [3.05, 3.63) is 106 Å². The summed E-state index contributed by atoms with van der Waals surface area (Å²) in [7, 11) is 0. The summed E-state index contributed by atoms with van der Waals surface area (Å²) in [5.74, 6) is -0.171. The Balaban J connectivity index is 1.17. The molecule has 41 heavy (non-hydrogen) atoms. The normalized spacial score (nSPS) is 12.4. The fourth-order valence-electron chi connectivity index (χ4n) is 3.34. The van der Waals surface area contributed by atoms with E-state index in [2.05, 4.69) is 15.3 Å². The molecule has 0 saturated heterocycles. The lowest BCUT2D eigenvalue weighted by atomic mass is 10.1. The predicted octanol–water partition coefficient (Wildman–Crippen LogP) is 6.99. The molecule has 0 aliphatic carbocycles. The van der Waals surface area contributed by atoms with Crippen LogP contribution in [0.1, 0.15) is 50.2 Å². The third-order valence-corrected chi connectivity index (χ3v) is 5.42. The molecule has 4 rings (SSSR count). The molecule has 0 saturated carbocycles. The predicted molar refractivity (Wildman–Crippen MR) is 136 cm³/mol. The molecule has 1 amide bonds. The summed E-state index contributed by atoms with van der Waals surface area (Å²) in [6.07, 6.45) is -0.294. The summed E-state index contributed by atoms with van der Waals surface area (Å²) in [4.78, 5) is 20.5. The van der Waals surface area contributed by atoms with E-state index in [0.29, 0.717) is 16.8 Å². The van der Waals surface area contributed by atoms with Gasteiger partial charge in [-0.3, -0.25) is 4.79 Å². The van der Waals surface area contributed by atoms with Crippen molar-refractivity contribution in [2.24, 2.45) is 0 Å². The molecule has 214 valence electrons. The number of carbonyl (C=O) groups excluding carboxylic acids is 1. The van der Waals surface area contributed by atoms with Crippen LogP contribution >= 0.6 is 0 Å². The number of ether oxygens (including phenoxy) is 1. The van der Waals surface area contributed by atoms with Crippen LogP contribution in [0.25, 0.3) is 24.3 Å². The quantitative estimate of drug-likeness (QED) is 0.162. The Hall–Kier alpha value is -4.65. The fourth-order valence-corrected chi connectivity index (χ4v) is 3.34. The fraction of sp³-hybridized carbons (Fsp3) is 0.179. The molecule has 0 atom stereocenters. The Labute approximate surface area is 229 Å². The van der Waals surface area contributed by atoms with Gasteiger partial charge in [0.2, 0.25) is 11.8 Å². The number of nitrogens with one attached hydrogen (secondary N) is 1. The van der Waals surface area contributed by atoms with E-state index in [4.69, 9.17) is 13.6 Å². The first kappa shape index (κ1) is 29.3. The monoisotopic (exact) mass is 577 g/mol. The zero-order valence-corrected chi connectivity index (χ0v) is 21.0. The van der Waals surface area contributed by atoms with Crippen molar-refractivity contribution in [3.63, 3.8) is 0 Å². The number of oxazole rings is 2. The van der Waals surface area contributed by atoms with Crippen LogP contribution in [-0.2, 0) is 23.7 Å². The Kier molecular flexibility index (Phi) is 9.07. The first-order chi connectivity index (χ1) is 19.5. The van der Waals surface area contributed by atoms with E-state index in [1.54, 1.807) is 6.08 Å². The molecule has 4 aromatic rings. The highest BCUT2D eigenvalue weighted by Gasteiger charge is 2.30. The van der Waals surface area contributed by atoms with Crippen LogP contribution in [0.2, 0.25) is 0 Å². The van der Waals surface area contributed by atoms with Gasteiger partial charge in [-0.15, -0.1) is 0 Å². The van der Waals surface area contributed by atoms with Gasteiger partial charge in [-0.05, 0) is 47.5 Å². The largest absolute Gasteiger partial charge is 0.445 e. The smallest absolute Gasteiger partial charge is 0.416 e. The van der Waals surface area contributed by atoms with Crippen molar-refractivity contribution >= 4 is 30.2 Å². The van der Waals surface area contributed by atoms with Gasteiger partial charge in [-0.1, -0.05) is 24.3 Å². The van der Waals surface area contributed by atoms with Crippen LogP contribution in [0.15, 0.2) is 69.9 Å². The molecule has 0 bridgehead atoms. The van der Waals surface area contributed by atoms with E-state index in [0.717, 1.165) is 30.5 Å². The van der Waals surface area contributed by atoms with Crippen molar-refractivity contribution in [2.45, 2.75) is 19.0 Å². The first-order valence-corrected chi connectivity index (χ1v) is 11.9. The highest BCUT2D eigenvalue weighted by Crippen LogP contribution is 2.30. The van der Waals surface area contributed by atoms with Crippen molar-refractivity contribution in [1.82, 2.24) is 15.3 Å². The number of benzene rings is 2. The maximum atomic E-state index is 12.6. The SMILES string of the molecule is O=C(NCCOCc1coc(/C=C/c2ccc(C(F)(F)F)cc2)n1)c1coc(/C=C/c2ccc(C(F)(F)F)cc2)n1. The third kappa shape index (κ3) is 8.67. The van der Waals surface area contributed by atoms with Gasteiger partial charge in [-0.2, -0.15) is 26.3 Å². The number of halogens is 6. The maximum absolute atomic E-state index is 12.6. The van der Waals surface area contributed by atoms with Crippen LogP contribution in [0.4, 0.5) is 26.3 Å². The van der Waals surface area contributed by atoms with E-state index in [1.165, 1.54) is 48.8 Å². The molecule has 0 aliphatic heterocycles. The second-order valence-electron chi connectivity index (χ2n) is 8.46. The zero-order chi connectivity index (χ0) is 29.5. The summed E-state index contributed by atoms with van der Waals surface area (Å²) < 4.78 is 91.8. The van der Waals surface area contributed by atoms with Gasteiger partial charge in [-0.25, -0.2) is 9.97 Å². The Morgan fingerprint density at radius 2 is 1.27 bits per heavy atom. The summed E-state index contributed by atoms with van der Waals surface area (Å²) in [5, 5.41) is 2.61. The number of aromatic nitrogens is 2. The molecular weight excluding hydrogens is 556 g/mol. The summed E-state index contributed by atoms with van der Waals surface area (Å²) in [6, 6.07) is 9.16. The molecular formula is C28H21F6N3O4. The highest BCUT2D eigenvalue weighted by atomic mass is 19.4. The number of hydrogen-bond acceptors (Lipinski definition) is 6.